The highest BCUT2D eigenvalue weighted by molar-refractivity contribution is 8.00. The average Bonchev–Trinajstić information content (AvgIpc) is 2.96. The summed E-state index contributed by atoms with van der Waals surface area (Å²) in [5.41, 5.74) is -0.0981. The molecule has 0 aliphatic carbocycles. The highest BCUT2D eigenvalue weighted by Crippen LogP contribution is 2.31. The molecule has 0 bridgehead atoms. The molecule has 0 saturated carbocycles. The predicted molar refractivity (Wildman–Crippen MR) is 86.0 cm³/mol. The number of rotatable bonds is 5. The van der Waals surface area contributed by atoms with Crippen LogP contribution in [0.3, 0.4) is 0 Å². The number of H-pyrrole nitrogens is 1. The van der Waals surface area contributed by atoms with Crippen LogP contribution in [-0.4, -0.2) is 16.2 Å². The Morgan fingerprint density at radius 1 is 1.28 bits per heavy atom. The number of anilines is 1. The first-order chi connectivity index (χ1) is 11.9. The fourth-order valence-corrected chi connectivity index (χ4v) is 2.95. The van der Waals surface area contributed by atoms with Crippen molar-refractivity contribution in [1.82, 2.24) is 9.55 Å². The van der Waals surface area contributed by atoms with Crippen molar-refractivity contribution >= 4 is 28.5 Å². The summed E-state index contributed by atoms with van der Waals surface area (Å²) in [4.78, 5) is 15.4. The van der Waals surface area contributed by atoms with E-state index in [1.165, 1.54) is 4.57 Å². The second kappa shape index (κ2) is 6.71. The third-order valence-corrected chi connectivity index (χ3v) is 4.27. The largest absolute Gasteiger partial charge is 0.432 e. The molecule has 0 fully saturated rings. The van der Waals surface area contributed by atoms with Crippen molar-refractivity contribution in [2.24, 2.45) is 7.05 Å². The van der Waals surface area contributed by atoms with Crippen LogP contribution in [0.5, 0.6) is 5.75 Å². The predicted octanol–water partition coefficient (Wildman–Crippen LogP) is 3.87. The van der Waals surface area contributed by atoms with Crippen LogP contribution in [0.2, 0.25) is 0 Å². The molecule has 25 heavy (non-hydrogen) atoms. The van der Waals surface area contributed by atoms with E-state index >= 15 is 0 Å². The van der Waals surface area contributed by atoms with Crippen LogP contribution >= 0.6 is 11.9 Å². The van der Waals surface area contributed by atoms with E-state index in [1.54, 1.807) is 25.5 Å². The minimum absolute atomic E-state index is 0.227. The van der Waals surface area contributed by atoms with Gasteiger partial charge in [-0.3, -0.25) is 4.79 Å². The molecule has 1 aromatic carbocycles. The van der Waals surface area contributed by atoms with Crippen molar-refractivity contribution in [3.8, 4) is 5.75 Å². The zero-order chi connectivity index (χ0) is 18.1. The maximum absolute atomic E-state index is 13.9. The first-order valence-electron chi connectivity index (χ1n) is 6.90. The molecule has 10 heteroatoms. The fourth-order valence-electron chi connectivity index (χ4n) is 2.18. The second-order valence-electron chi connectivity index (χ2n) is 5.02. The topological polar surface area (TPSA) is 59.1 Å². The summed E-state index contributed by atoms with van der Waals surface area (Å²) in [7, 11) is 1.61. The number of hydrogen-bond acceptors (Lipinski definition) is 4. The number of alkyl halides is 2. The van der Waals surface area contributed by atoms with E-state index in [2.05, 4.69) is 14.4 Å². The molecule has 132 valence electrons. The third kappa shape index (κ3) is 3.43. The highest BCUT2D eigenvalue weighted by Gasteiger charge is 2.15. The van der Waals surface area contributed by atoms with Gasteiger partial charge in [0.15, 0.2) is 17.4 Å². The molecule has 0 atom stereocenters. The van der Waals surface area contributed by atoms with Gasteiger partial charge in [0, 0.05) is 37.0 Å². The van der Waals surface area contributed by atoms with Gasteiger partial charge in [0.2, 0.25) is 0 Å². The van der Waals surface area contributed by atoms with Crippen molar-refractivity contribution in [1.29, 1.82) is 0 Å². The smallest absolute Gasteiger partial charge is 0.387 e. The maximum Gasteiger partial charge on any atom is 0.387 e. The molecule has 0 unspecified atom stereocenters. The van der Waals surface area contributed by atoms with E-state index in [0.29, 0.717) is 27.9 Å². The molecule has 0 saturated heterocycles. The van der Waals surface area contributed by atoms with E-state index in [1.807, 2.05) is 0 Å². The van der Waals surface area contributed by atoms with Gasteiger partial charge >= 0.3 is 6.61 Å². The van der Waals surface area contributed by atoms with Gasteiger partial charge in [0.05, 0.1) is 10.6 Å². The minimum Gasteiger partial charge on any atom is -0.432 e. The number of aromatic amines is 1. The van der Waals surface area contributed by atoms with E-state index in [-0.39, 0.29) is 11.2 Å². The van der Waals surface area contributed by atoms with E-state index in [0.717, 1.165) is 11.9 Å². The standard InChI is InChI=1S/C15H11F4N3O2S/c1-22-3-2-7-12(6-20-13(7)14(22)23)25-21-10-4-9(17)11(5-8(10)16)24-15(18)19/h2-6,15,20-21H,1H3. The van der Waals surface area contributed by atoms with Gasteiger partial charge in [-0.05, 0) is 18.0 Å². The normalized spacial score (nSPS) is 11.3. The van der Waals surface area contributed by atoms with Gasteiger partial charge in [-0.2, -0.15) is 8.78 Å². The zero-order valence-corrected chi connectivity index (χ0v) is 13.5. The van der Waals surface area contributed by atoms with Gasteiger partial charge in [-0.15, -0.1) is 0 Å². The summed E-state index contributed by atoms with van der Waals surface area (Å²) >= 11 is 0.942. The van der Waals surface area contributed by atoms with Crippen LogP contribution in [0.4, 0.5) is 23.2 Å². The molecule has 3 aromatic rings. The molecular weight excluding hydrogens is 362 g/mol. The molecule has 2 heterocycles. The van der Waals surface area contributed by atoms with Gasteiger partial charge in [-0.25, -0.2) is 8.78 Å². The second-order valence-corrected chi connectivity index (χ2v) is 5.87. The van der Waals surface area contributed by atoms with E-state index < -0.39 is 24.0 Å². The van der Waals surface area contributed by atoms with Crippen LogP contribution in [0, 0.1) is 11.6 Å². The quantitative estimate of drug-likeness (QED) is 0.527. The first kappa shape index (κ1) is 17.2. The lowest BCUT2D eigenvalue weighted by Crippen LogP contribution is -2.15. The highest BCUT2D eigenvalue weighted by atomic mass is 32.2. The van der Waals surface area contributed by atoms with Gasteiger partial charge in [0.1, 0.15) is 5.52 Å². The Hall–Kier alpha value is -2.62. The number of benzene rings is 1. The molecule has 0 radical (unpaired) electrons. The molecule has 0 aliphatic heterocycles. The summed E-state index contributed by atoms with van der Waals surface area (Å²) in [5, 5.41) is 0.610. The number of nitrogens with zero attached hydrogens (tertiary/aromatic N) is 1. The minimum atomic E-state index is -3.25. The van der Waals surface area contributed by atoms with Crippen molar-refractivity contribution in [3.05, 3.63) is 52.6 Å². The van der Waals surface area contributed by atoms with Crippen LogP contribution in [0.1, 0.15) is 0 Å². The molecular formula is C15H11F4N3O2S. The van der Waals surface area contributed by atoms with E-state index in [4.69, 9.17) is 0 Å². The Balaban J connectivity index is 1.84. The van der Waals surface area contributed by atoms with Crippen molar-refractivity contribution in [2.45, 2.75) is 11.5 Å². The summed E-state index contributed by atoms with van der Waals surface area (Å²) in [6, 6.07) is 2.96. The average molecular weight is 373 g/mol. The molecule has 0 amide bonds. The van der Waals surface area contributed by atoms with Gasteiger partial charge in [0.25, 0.3) is 5.56 Å². The monoisotopic (exact) mass is 373 g/mol. The number of fused-ring (bicyclic) bond motifs is 1. The molecule has 0 aliphatic rings. The van der Waals surface area contributed by atoms with E-state index in [9.17, 15) is 22.4 Å². The first-order valence-corrected chi connectivity index (χ1v) is 7.72. The summed E-state index contributed by atoms with van der Waals surface area (Å²) in [6.45, 7) is -3.25. The molecule has 5 nitrogen and oxygen atoms in total. The Bertz CT molecular complexity index is 987. The van der Waals surface area contributed by atoms with Gasteiger partial charge < -0.3 is 19.0 Å². The van der Waals surface area contributed by atoms with Crippen molar-refractivity contribution in [2.75, 3.05) is 4.72 Å². The lowest BCUT2D eigenvalue weighted by Gasteiger charge is -2.10. The van der Waals surface area contributed by atoms with Crippen LogP contribution < -0.4 is 15.0 Å². The van der Waals surface area contributed by atoms with Crippen LogP contribution in [-0.2, 0) is 7.05 Å². The van der Waals surface area contributed by atoms with Crippen molar-refractivity contribution < 1.29 is 22.3 Å². The molecule has 2 N–H and O–H groups in total. The van der Waals surface area contributed by atoms with Crippen LogP contribution in [0.25, 0.3) is 10.9 Å². The molecule has 0 spiro atoms. The SMILES string of the molecule is Cn1ccc2c(SNc3cc(F)c(OC(F)F)cc3F)c[nH]c2c1=O. The lowest BCUT2D eigenvalue weighted by molar-refractivity contribution is -0.0523. The Morgan fingerprint density at radius 2 is 2.04 bits per heavy atom. The number of aryl methyl sites for hydroxylation is 1. The number of nitrogens with one attached hydrogen (secondary N) is 2. The van der Waals surface area contributed by atoms with Gasteiger partial charge in [-0.1, -0.05) is 0 Å². The number of halogens is 4. The molecule has 3 rings (SSSR count). The summed E-state index contributed by atoms with van der Waals surface area (Å²) in [6.07, 6.45) is 3.13. The summed E-state index contributed by atoms with van der Waals surface area (Å²) in [5.74, 6) is -2.96. The number of pyridine rings is 1. The third-order valence-electron chi connectivity index (χ3n) is 3.39. The maximum atomic E-state index is 13.9. The Morgan fingerprint density at radius 3 is 2.76 bits per heavy atom. The molecule has 2 aromatic heterocycles. The fraction of sp³-hybridized carbons (Fsp3) is 0.133. The number of hydrogen-bond donors (Lipinski definition) is 2. The number of aromatic nitrogens is 2. The number of ether oxygens (including phenoxy) is 1. The Kier molecular flexibility index (Phi) is 4.62. The van der Waals surface area contributed by atoms with Crippen molar-refractivity contribution in [3.63, 3.8) is 0 Å². The lowest BCUT2D eigenvalue weighted by atomic mass is 10.3. The van der Waals surface area contributed by atoms with Crippen LogP contribution in [0.15, 0.2) is 40.3 Å². The summed E-state index contributed by atoms with van der Waals surface area (Å²) < 4.78 is 59.7. The zero-order valence-electron chi connectivity index (χ0n) is 12.6. The Labute approximate surface area is 142 Å².